The van der Waals surface area contributed by atoms with E-state index in [1.54, 1.807) is 0 Å². The second-order valence-electron chi connectivity index (χ2n) is 14.0. The van der Waals surface area contributed by atoms with Crippen molar-refractivity contribution in [2.45, 2.75) is 0 Å². The van der Waals surface area contributed by atoms with Gasteiger partial charge in [-0.3, -0.25) is 0 Å². The molecule has 3 heterocycles. The Hall–Kier alpha value is -7.21. The summed E-state index contributed by atoms with van der Waals surface area (Å²) in [6.07, 6.45) is 0. The molecule has 0 amide bonds. The van der Waals surface area contributed by atoms with E-state index in [0.717, 1.165) is 50.1 Å². The van der Waals surface area contributed by atoms with Crippen LogP contribution in [0.2, 0.25) is 0 Å². The Balaban J connectivity index is 1.20. The summed E-state index contributed by atoms with van der Waals surface area (Å²) in [6, 6.07) is 68.6. The maximum absolute atomic E-state index is 5.18. The molecule has 0 spiro atoms. The fourth-order valence-electron chi connectivity index (χ4n) is 8.00. The average molecular weight is 733 g/mol. The molecule has 0 aliphatic carbocycles. The molecule has 0 aliphatic heterocycles. The van der Waals surface area contributed by atoms with Crippen molar-refractivity contribution in [3.05, 3.63) is 194 Å². The zero-order chi connectivity index (χ0) is 37.0. The second kappa shape index (κ2) is 13.3. The van der Waals surface area contributed by atoms with Gasteiger partial charge in [0.25, 0.3) is 0 Å². The number of hydrogen-bond acceptors (Lipinski definition) is 4. The topological polar surface area (TPSA) is 43.6 Å². The standard InChI is InChI=1S/C51H32N4S/c1-4-15-33(16-5-1)36-21-14-22-37(29-36)38-30-39(51-53-49(34-17-6-2-7-18-34)52-50(54-51)35-19-8-3-9-20-35)32-40(31-38)55-44-25-12-10-24-43(44)47-45(55)28-27-42-41-23-11-13-26-46(41)56-48(42)47/h1-32H. The molecule has 0 atom stereocenters. The molecule has 3 aromatic heterocycles. The van der Waals surface area contributed by atoms with E-state index in [9.17, 15) is 0 Å². The van der Waals surface area contributed by atoms with Crippen molar-refractivity contribution in [3.8, 4) is 62.1 Å². The van der Waals surface area contributed by atoms with E-state index in [-0.39, 0.29) is 0 Å². The SMILES string of the molecule is c1ccc(-c2cccc(-c3cc(-c4nc(-c5ccccc5)nc(-c5ccccc5)n4)cc(-n4c5ccccc5c5c6sc7ccccc7c6ccc54)c3)c2)cc1. The molecule has 4 nitrogen and oxygen atoms in total. The summed E-state index contributed by atoms with van der Waals surface area (Å²) in [4.78, 5) is 15.4. The zero-order valence-corrected chi connectivity index (χ0v) is 31.0. The number of thiophene rings is 1. The van der Waals surface area contributed by atoms with Crippen molar-refractivity contribution in [2.75, 3.05) is 0 Å². The van der Waals surface area contributed by atoms with Crippen LogP contribution >= 0.6 is 11.3 Å². The van der Waals surface area contributed by atoms with E-state index in [2.05, 4.69) is 162 Å². The van der Waals surface area contributed by atoms with Crippen LogP contribution in [0.4, 0.5) is 0 Å². The summed E-state index contributed by atoms with van der Waals surface area (Å²) in [5.41, 5.74) is 10.7. The minimum absolute atomic E-state index is 0.618. The zero-order valence-electron chi connectivity index (χ0n) is 30.2. The lowest BCUT2D eigenvalue weighted by Crippen LogP contribution is -2.01. The number of fused-ring (bicyclic) bond motifs is 7. The van der Waals surface area contributed by atoms with Crippen LogP contribution in [0, 0.1) is 0 Å². The fraction of sp³-hybridized carbons (Fsp3) is 0. The monoisotopic (exact) mass is 732 g/mol. The van der Waals surface area contributed by atoms with Gasteiger partial charge in [-0.05, 0) is 64.7 Å². The second-order valence-corrected chi connectivity index (χ2v) is 15.1. The Morgan fingerprint density at radius 1 is 0.339 bits per heavy atom. The third kappa shape index (κ3) is 5.48. The molecular formula is C51H32N4S. The highest BCUT2D eigenvalue weighted by Crippen LogP contribution is 2.44. The van der Waals surface area contributed by atoms with Gasteiger partial charge in [-0.2, -0.15) is 0 Å². The van der Waals surface area contributed by atoms with Crippen molar-refractivity contribution in [1.29, 1.82) is 0 Å². The summed E-state index contributed by atoms with van der Waals surface area (Å²) in [7, 11) is 0. The first-order chi connectivity index (χ1) is 27.7. The average Bonchev–Trinajstić information content (AvgIpc) is 3.83. The molecule has 0 fully saturated rings. The molecule has 0 saturated carbocycles. The summed E-state index contributed by atoms with van der Waals surface area (Å²) in [5.74, 6) is 1.89. The van der Waals surface area contributed by atoms with E-state index in [4.69, 9.17) is 15.0 Å². The maximum atomic E-state index is 5.18. The fourth-order valence-corrected chi connectivity index (χ4v) is 9.25. The number of nitrogens with zero attached hydrogens (tertiary/aromatic N) is 4. The van der Waals surface area contributed by atoms with Crippen LogP contribution in [0.15, 0.2) is 194 Å². The largest absolute Gasteiger partial charge is 0.309 e. The van der Waals surface area contributed by atoms with Gasteiger partial charge < -0.3 is 4.57 Å². The molecule has 56 heavy (non-hydrogen) atoms. The molecule has 0 bridgehead atoms. The molecule has 0 unspecified atom stereocenters. The molecule has 11 rings (SSSR count). The number of aromatic nitrogens is 4. The van der Waals surface area contributed by atoms with Gasteiger partial charge >= 0.3 is 0 Å². The van der Waals surface area contributed by atoms with Gasteiger partial charge in [-0.1, -0.05) is 152 Å². The van der Waals surface area contributed by atoms with Crippen LogP contribution in [0.5, 0.6) is 0 Å². The predicted octanol–water partition coefficient (Wildman–Crippen LogP) is 13.7. The Morgan fingerprint density at radius 2 is 0.857 bits per heavy atom. The molecule has 11 aromatic rings. The number of rotatable bonds is 6. The molecule has 0 aliphatic rings. The predicted molar refractivity (Wildman–Crippen MR) is 234 cm³/mol. The van der Waals surface area contributed by atoms with Crippen molar-refractivity contribution < 1.29 is 0 Å². The van der Waals surface area contributed by atoms with Crippen molar-refractivity contribution in [2.24, 2.45) is 0 Å². The van der Waals surface area contributed by atoms with Gasteiger partial charge in [-0.25, -0.2) is 15.0 Å². The number of benzene rings is 8. The van der Waals surface area contributed by atoms with Crippen LogP contribution < -0.4 is 0 Å². The van der Waals surface area contributed by atoms with Crippen LogP contribution in [-0.4, -0.2) is 19.5 Å². The van der Waals surface area contributed by atoms with Gasteiger partial charge in [0.05, 0.1) is 11.0 Å². The Morgan fingerprint density at radius 3 is 1.55 bits per heavy atom. The summed E-state index contributed by atoms with van der Waals surface area (Å²) < 4.78 is 5.02. The highest BCUT2D eigenvalue weighted by molar-refractivity contribution is 7.26. The summed E-state index contributed by atoms with van der Waals surface area (Å²) in [6.45, 7) is 0. The quantitative estimate of drug-likeness (QED) is 0.171. The third-order valence-electron chi connectivity index (χ3n) is 10.6. The van der Waals surface area contributed by atoms with Crippen LogP contribution in [-0.2, 0) is 0 Å². The lowest BCUT2D eigenvalue weighted by molar-refractivity contribution is 1.07. The highest BCUT2D eigenvalue weighted by Gasteiger charge is 2.20. The Labute approximate surface area is 327 Å². The first-order valence-electron chi connectivity index (χ1n) is 18.8. The normalized spacial score (nSPS) is 11.6. The molecule has 262 valence electrons. The van der Waals surface area contributed by atoms with E-state index in [1.165, 1.54) is 36.5 Å². The van der Waals surface area contributed by atoms with Crippen LogP contribution in [0.25, 0.3) is 104 Å². The maximum Gasteiger partial charge on any atom is 0.164 e. The highest BCUT2D eigenvalue weighted by atomic mass is 32.1. The number of para-hydroxylation sites is 1. The van der Waals surface area contributed by atoms with E-state index in [0.29, 0.717) is 17.5 Å². The van der Waals surface area contributed by atoms with Gasteiger partial charge in [0, 0.05) is 53.3 Å². The lowest BCUT2D eigenvalue weighted by Gasteiger charge is -2.15. The van der Waals surface area contributed by atoms with Gasteiger partial charge in [0.2, 0.25) is 0 Å². The Bertz CT molecular complexity index is 3180. The molecule has 8 aromatic carbocycles. The van der Waals surface area contributed by atoms with E-state index in [1.807, 2.05) is 47.7 Å². The molecule has 5 heteroatoms. The molecular weight excluding hydrogens is 701 g/mol. The minimum Gasteiger partial charge on any atom is -0.309 e. The lowest BCUT2D eigenvalue weighted by atomic mass is 9.97. The first-order valence-corrected chi connectivity index (χ1v) is 19.6. The van der Waals surface area contributed by atoms with E-state index >= 15 is 0 Å². The van der Waals surface area contributed by atoms with Crippen molar-refractivity contribution >= 4 is 53.3 Å². The smallest absolute Gasteiger partial charge is 0.164 e. The van der Waals surface area contributed by atoms with Crippen LogP contribution in [0.3, 0.4) is 0 Å². The molecule has 0 radical (unpaired) electrons. The van der Waals surface area contributed by atoms with Crippen molar-refractivity contribution in [1.82, 2.24) is 19.5 Å². The van der Waals surface area contributed by atoms with Crippen molar-refractivity contribution in [3.63, 3.8) is 0 Å². The van der Waals surface area contributed by atoms with E-state index < -0.39 is 0 Å². The van der Waals surface area contributed by atoms with Gasteiger partial charge in [-0.15, -0.1) is 11.3 Å². The molecule has 0 saturated heterocycles. The van der Waals surface area contributed by atoms with Crippen LogP contribution in [0.1, 0.15) is 0 Å². The first kappa shape index (κ1) is 32.2. The third-order valence-corrected chi connectivity index (χ3v) is 11.8. The summed E-state index contributed by atoms with van der Waals surface area (Å²) >= 11 is 1.87. The van der Waals surface area contributed by atoms with Gasteiger partial charge in [0.15, 0.2) is 17.5 Å². The summed E-state index contributed by atoms with van der Waals surface area (Å²) in [5, 5.41) is 5.10. The minimum atomic E-state index is 0.618. The molecule has 0 N–H and O–H groups in total. The number of hydrogen-bond donors (Lipinski definition) is 0. The van der Waals surface area contributed by atoms with Gasteiger partial charge in [0.1, 0.15) is 0 Å². The Kier molecular flexibility index (Phi) is 7.64.